The zero-order valence-corrected chi connectivity index (χ0v) is 26.4. The summed E-state index contributed by atoms with van der Waals surface area (Å²) >= 11 is 5.73. The van der Waals surface area contributed by atoms with Gasteiger partial charge in [0.15, 0.2) is 0 Å². The third-order valence-electron chi connectivity index (χ3n) is 13.9. The van der Waals surface area contributed by atoms with E-state index in [0.717, 1.165) is 25.7 Å². The van der Waals surface area contributed by atoms with Gasteiger partial charge in [0.25, 0.3) is 5.24 Å². The number of carbonyl (C=O) groups excluding carboxylic acids is 2. The predicted molar refractivity (Wildman–Crippen MR) is 161 cm³/mol. The van der Waals surface area contributed by atoms with Gasteiger partial charge in [0.2, 0.25) is 0 Å². The molecule has 0 amide bonds. The first kappa shape index (κ1) is 28.0. The second-order valence-corrected chi connectivity index (χ2v) is 15.7. The molecule has 9 atom stereocenters. The SMILES string of the molecule is CC1(C)C(c2ccc(C(=O)Cl)cc2)=CC[C@@]2(C)C1CC[C@]1(C)C2CC[C@@H]2C3CCC[C@]3(C(=O)OP)CC[C@]21C. The van der Waals surface area contributed by atoms with Crippen molar-refractivity contribution in [3.8, 4) is 0 Å². The van der Waals surface area contributed by atoms with Gasteiger partial charge >= 0.3 is 5.97 Å². The number of hydrogen-bond donors (Lipinski definition) is 0. The lowest BCUT2D eigenvalue weighted by Gasteiger charge is -2.72. The number of hydrogen-bond acceptors (Lipinski definition) is 3. The molecule has 5 aliphatic carbocycles. The Bertz CT molecular complexity index is 1220. The Labute approximate surface area is 242 Å². The van der Waals surface area contributed by atoms with Crippen molar-refractivity contribution in [2.45, 2.75) is 98.8 Å². The highest BCUT2D eigenvalue weighted by atomic mass is 35.5. The highest BCUT2D eigenvalue weighted by Crippen LogP contribution is 2.77. The topological polar surface area (TPSA) is 43.4 Å². The predicted octanol–water partition coefficient (Wildman–Crippen LogP) is 9.25. The molecule has 5 aliphatic rings. The molecule has 4 fully saturated rings. The molecule has 212 valence electrons. The van der Waals surface area contributed by atoms with Crippen LogP contribution in [0.5, 0.6) is 0 Å². The van der Waals surface area contributed by atoms with E-state index in [-0.39, 0.29) is 33.0 Å². The summed E-state index contributed by atoms with van der Waals surface area (Å²) in [6.07, 6.45) is 14.2. The van der Waals surface area contributed by atoms with Crippen LogP contribution in [0.3, 0.4) is 0 Å². The number of allylic oxidation sites excluding steroid dienone is 2. The first-order valence-corrected chi connectivity index (χ1v) is 16.1. The van der Waals surface area contributed by atoms with Gasteiger partial charge < -0.3 is 4.52 Å². The zero-order valence-electron chi connectivity index (χ0n) is 24.4. The van der Waals surface area contributed by atoms with Crippen LogP contribution >= 0.6 is 21.1 Å². The van der Waals surface area contributed by atoms with Crippen molar-refractivity contribution in [3.05, 3.63) is 41.5 Å². The van der Waals surface area contributed by atoms with Crippen molar-refractivity contribution in [1.29, 1.82) is 0 Å². The molecule has 0 aliphatic heterocycles. The number of halogens is 1. The van der Waals surface area contributed by atoms with Crippen molar-refractivity contribution in [3.63, 3.8) is 0 Å². The number of fused-ring (bicyclic) bond motifs is 7. The van der Waals surface area contributed by atoms with E-state index in [0.29, 0.717) is 29.2 Å². The van der Waals surface area contributed by atoms with E-state index in [2.05, 4.69) is 62.3 Å². The first-order valence-electron chi connectivity index (χ1n) is 15.3. The lowest BCUT2D eigenvalue weighted by Crippen LogP contribution is -2.65. The summed E-state index contributed by atoms with van der Waals surface area (Å²) in [5.41, 5.74) is 3.81. The third kappa shape index (κ3) is 3.64. The van der Waals surface area contributed by atoms with Crippen LogP contribution in [-0.4, -0.2) is 11.2 Å². The highest BCUT2D eigenvalue weighted by Gasteiger charge is 2.70. The van der Waals surface area contributed by atoms with Crippen LogP contribution in [0.2, 0.25) is 0 Å². The number of carbonyl (C=O) groups is 2. The minimum absolute atomic E-state index is 0.0372. The number of benzene rings is 1. The van der Waals surface area contributed by atoms with E-state index in [9.17, 15) is 9.59 Å². The Morgan fingerprint density at radius 3 is 2.23 bits per heavy atom. The Hall–Kier alpha value is -1.18. The van der Waals surface area contributed by atoms with E-state index in [1.54, 1.807) is 0 Å². The van der Waals surface area contributed by atoms with Crippen molar-refractivity contribution in [1.82, 2.24) is 0 Å². The standard InChI is InChI=1S/C34H46ClO3P/c1-30(2)23(21-8-10-22(11-9-21)28(35)36)14-17-31(3)26(30)15-18-33(5)27(31)13-12-24-25-7-6-16-34(25,29(37)38-39)20-19-32(24,33)4/h8-11,14,24-27H,6-7,12-13,15-20,39H2,1-5H3/t24-,25?,26?,27?,31+,32-,33-,34+/m1/s1. The van der Waals surface area contributed by atoms with Crippen LogP contribution in [0.25, 0.3) is 5.57 Å². The Morgan fingerprint density at radius 2 is 1.56 bits per heavy atom. The molecule has 4 saturated carbocycles. The first-order chi connectivity index (χ1) is 18.3. The molecule has 0 aromatic heterocycles. The summed E-state index contributed by atoms with van der Waals surface area (Å²) in [4.78, 5) is 24.8. The lowest BCUT2D eigenvalue weighted by molar-refractivity contribution is -0.224. The molecule has 0 saturated heterocycles. The summed E-state index contributed by atoms with van der Waals surface area (Å²) in [7, 11) is 2.25. The Morgan fingerprint density at radius 1 is 0.846 bits per heavy atom. The Balaban J connectivity index is 1.34. The van der Waals surface area contributed by atoms with Gasteiger partial charge in [-0.05, 0) is 138 Å². The molecular weight excluding hydrogens is 523 g/mol. The molecule has 39 heavy (non-hydrogen) atoms. The number of rotatable bonds is 3. The highest BCUT2D eigenvalue weighted by molar-refractivity contribution is 7.10. The van der Waals surface area contributed by atoms with E-state index in [4.69, 9.17) is 16.1 Å². The normalized spacial score (nSPS) is 44.2. The summed E-state index contributed by atoms with van der Waals surface area (Å²) < 4.78 is 5.36. The fraction of sp³-hybridized carbons (Fsp3) is 0.706. The van der Waals surface area contributed by atoms with Crippen LogP contribution in [0, 0.1) is 50.7 Å². The molecule has 0 bridgehead atoms. The van der Waals surface area contributed by atoms with Gasteiger partial charge in [-0.1, -0.05) is 59.2 Å². The summed E-state index contributed by atoms with van der Waals surface area (Å²) in [6, 6.07) is 7.91. The minimum atomic E-state index is -0.398. The van der Waals surface area contributed by atoms with Crippen molar-refractivity contribution in [2.24, 2.45) is 50.7 Å². The van der Waals surface area contributed by atoms with Gasteiger partial charge in [-0.3, -0.25) is 9.59 Å². The van der Waals surface area contributed by atoms with E-state index in [1.807, 2.05) is 12.1 Å². The maximum atomic E-state index is 13.1. The monoisotopic (exact) mass is 568 g/mol. The van der Waals surface area contributed by atoms with E-state index in [1.165, 1.54) is 49.7 Å². The largest absolute Gasteiger partial charge is 0.451 e. The fourth-order valence-electron chi connectivity index (χ4n) is 11.9. The van der Waals surface area contributed by atoms with E-state index < -0.39 is 5.24 Å². The van der Waals surface area contributed by atoms with Crippen molar-refractivity contribution in [2.75, 3.05) is 0 Å². The van der Waals surface area contributed by atoms with Gasteiger partial charge in [-0.25, -0.2) is 0 Å². The quantitative estimate of drug-likeness (QED) is 0.269. The molecule has 0 radical (unpaired) electrons. The second-order valence-electron chi connectivity index (χ2n) is 15.1. The minimum Gasteiger partial charge on any atom is -0.451 e. The van der Waals surface area contributed by atoms with Crippen molar-refractivity contribution >= 4 is 37.9 Å². The van der Waals surface area contributed by atoms with Gasteiger partial charge in [-0.15, -0.1) is 0 Å². The van der Waals surface area contributed by atoms with Crippen LogP contribution in [0.4, 0.5) is 0 Å². The van der Waals surface area contributed by atoms with Gasteiger partial charge in [0.1, 0.15) is 0 Å². The molecule has 0 spiro atoms. The van der Waals surface area contributed by atoms with Crippen LogP contribution in [0.1, 0.15) is 115 Å². The molecule has 4 unspecified atom stereocenters. The van der Waals surface area contributed by atoms with Crippen LogP contribution < -0.4 is 0 Å². The van der Waals surface area contributed by atoms with Gasteiger partial charge in [0.05, 0.1) is 14.9 Å². The molecular formula is C34H46ClO3P. The summed E-state index contributed by atoms with van der Waals surface area (Å²) in [5, 5.41) is -0.398. The smallest absolute Gasteiger partial charge is 0.314 e. The van der Waals surface area contributed by atoms with Crippen molar-refractivity contribution < 1.29 is 14.1 Å². The summed E-state index contributed by atoms with van der Waals surface area (Å²) in [6.45, 7) is 12.8. The average Bonchev–Trinajstić information content (AvgIpc) is 3.34. The molecule has 0 heterocycles. The third-order valence-corrected chi connectivity index (χ3v) is 14.3. The molecule has 6 rings (SSSR count). The van der Waals surface area contributed by atoms with E-state index >= 15 is 0 Å². The second kappa shape index (κ2) is 9.16. The fourth-order valence-corrected chi connectivity index (χ4v) is 12.3. The summed E-state index contributed by atoms with van der Waals surface area (Å²) in [5.74, 6) is 2.42. The maximum Gasteiger partial charge on any atom is 0.314 e. The molecule has 5 heteroatoms. The van der Waals surface area contributed by atoms with Crippen LogP contribution in [0.15, 0.2) is 30.3 Å². The lowest BCUT2D eigenvalue weighted by atomic mass is 9.32. The molecule has 1 aromatic rings. The van der Waals surface area contributed by atoms with Crippen LogP contribution in [-0.2, 0) is 9.32 Å². The van der Waals surface area contributed by atoms with Gasteiger partial charge in [-0.2, -0.15) is 0 Å². The average molecular weight is 569 g/mol. The molecule has 3 nitrogen and oxygen atoms in total. The zero-order chi connectivity index (χ0) is 28.0. The maximum absolute atomic E-state index is 13.1. The molecule has 1 aromatic carbocycles. The van der Waals surface area contributed by atoms with Gasteiger partial charge in [0, 0.05) is 5.56 Å². The Kier molecular flexibility index (Phi) is 6.57. The molecule has 0 N–H and O–H groups in total.